The molecule has 0 aliphatic rings. The molecule has 0 atom stereocenters. The highest BCUT2D eigenvalue weighted by Gasteiger charge is 2.14. The normalized spacial score (nSPS) is 10.9. The van der Waals surface area contributed by atoms with Crippen molar-refractivity contribution in [1.29, 1.82) is 0 Å². The standard InChI is InChI=1S/C12H17NO4S/c1-2-3-9-18(15,16)13-12(14)17-10-11-7-5-4-6-8-11/h4-8H,2-3,9-10H2,1H3,(H,13,14). The number of benzene rings is 1. The van der Waals surface area contributed by atoms with Gasteiger partial charge in [-0.2, -0.15) is 0 Å². The molecule has 0 aliphatic carbocycles. The SMILES string of the molecule is CCCCS(=O)(=O)NC(=O)OCc1ccccc1. The van der Waals surface area contributed by atoms with E-state index in [1.54, 1.807) is 12.1 Å². The molecule has 18 heavy (non-hydrogen) atoms. The number of sulfonamides is 1. The monoisotopic (exact) mass is 271 g/mol. The summed E-state index contributed by atoms with van der Waals surface area (Å²) in [6, 6.07) is 9.06. The van der Waals surface area contributed by atoms with Crippen LogP contribution < -0.4 is 4.72 Å². The van der Waals surface area contributed by atoms with E-state index in [-0.39, 0.29) is 12.4 Å². The Bertz CT molecular complexity index is 470. The van der Waals surface area contributed by atoms with Gasteiger partial charge in [0.05, 0.1) is 5.75 Å². The third-order valence-corrected chi connectivity index (χ3v) is 3.52. The molecule has 0 aliphatic heterocycles. The number of hydrogen-bond donors (Lipinski definition) is 1. The Morgan fingerprint density at radius 1 is 1.28 bits per heavy atom. The molecule has 1 aromatic rings. The van der Waals surface area contributed by atoms with Crippen LogP contribution in [0, 0.1) is 0 Å². The fourth-order valence-electron chi connectivity index (χ4n) is 1.26. The summed E-state index contributed by atoms with van der Waals surface area (Å²) in [5, 5.41) is 0. The molecule has 0 radical (unpaired) electrons. The number of carbonyl (C=O) groups is 1. The highest BCUT2D eigenvalue weighted by Crippen LogP contribution is 2.01. The first-order chi connectivity index (χ1) is 8.53. The van der Waals surface area contributed by atoms with Crippen LogP contribution in [0.4, 0.5) is 4.79 Å². The number of unbranched alkanes of at least 4 members (excludes halogenated alkanes) is 1. The maximum absolute atomic E-state index is 11.4. The number of nitrogens with one attached hydrogen (secondary N) is 1. The lowest BCUT2D eigenvalue weighted by Gasteiger charge is -2.07. The molecule has 0 fully saturated rings. The molecular formula is C12H17NO4S. The number of carbonyl (C=O) groups excluding carboxylic acids is 1. The fourth-order valence-corrected chi connectivity index (χ4v) is 2.35. The number of amides is 1. The summed E-state index contributed by atoms with van der Waals surface area (Å²) in [6.07, 6.45) is 0.330. The van der Waals surface area contributed by atoms with E-state index in [0.717, 1.165) is 12.0 Å². The molecular weight excluding hydrogens is 254 g/mol. The van der Waals surface area contributed by atoms with Crippen LogP contribution >= 0.6 is 0 Å². The van der Waals surface area contributed by atoms with Gasteiger partial charge < -0.3 is 4.74 Å². The summed E-state index contributed by atoms with van der Waals surface area (Å²) in [5.74, 6) is -0.0655. The van der Waals surface area contributed by atoms with Crippen LogP contribution in [0.5, 0.6) is 0 Å². The van der Waals surface area contributed by atoms with E-state index < -0.39 is 16.1 Å². The first-order valence-corrected chi connectivity index (χ1v) is 7.40. The molecule has 0 saturated heterocycles. The Labute approximate surface area is 107 Å². The summed E-state index contributed by atoms with van der Waals surface area (Å²) in [5.41, 5.74) is 0.804. The molecule has 0 spiro atoms. The van der Waals surface area contributed by atoms with Crippen molar-refractivity contribution in [2.24, 2.45) is 0 Å². The molecule has 5 nitrogen and oxygen atoms in total. The Hall–Kier alpha value is -1.56. The Balaban J connectivity index is 2.38. The van der Waals surface area contributed by atoms with Crippen molar-refractivity contribution in [3.8, 4) is 0 Å². The number of hydrogen-bond acceptors (Lipinski definition) is 4. The number of rotatable bonds is 6. The fraction of sp³-hybridized carbons (Fsp3) is 0.417. The van der Waals surface area contributed by atoms with Crippen molar-refractivity contribution in [3.05, 3.63) is 35.9 Å². The van der Waals surface area contributed by atoms with Gasteiger partial charge in [-0.25, -0.2) is 17.9 Å². The average Bonchev–Trinajstić information content (AvgIpc) is 2.35. The van der Waals surface area contributed by atoms with Gasteiger partial charge in [-0.05, 0) is 12.0 Å². The van der Waals surface area contributed by atoms with Gasteiger partial charge in [0.25, 0.3) is 0 Å². The molecule has 0 unspecified atom stereocenters. The lowest BCUT2D eigenvalue weighted by atomic mass is 10.2. The van der Waals surface area contributed by atoms with E-state index in [4.69, 9.17) is 4.74 Å². The lowest BCUT2D eigenvalue weighted by molar-refractivity contribution is 0.146. The van der Waals surface area contributed by atoms with E-state index in [0.29, 0.717) is 6.42 Å². The predicted molar refractivity (Wildman–Crippen MR) is 68.5 cm³/mol. The molecule has 100 valence electrons. The molecule has 0 bridgehead atoms. The Morgan fingerprint density at radius 3 is 2.56 bits per heavy atom. The Kier molecular flexibility index (Phi) is 5.64. The van der Waals surface area contributed by atoms with Crippen molar-refractivity contribution in [3.63, 3.8) is 0 Å². The predicted octanol–water partition coefficient (Wildman–Crippen LogP) is 2.04. The molecule has 1 N–H and O–H groups in total. The van der Waals surface area contributed by atoms with Crippen LogP contribution in [0.15, 0.2) is 30.3 Å². The third-order valence-electron chi connectivity index (χ3n) is 2.22. The van der Waals surface area contributed by atoms with Crippen LogP contribution in [0.2, 0.25) is 0 Å². The van der Waals surface area contributed by atoms with Crippen molar-refractivity contribution in [1.82, 2.24) is 4.72 Å². The summed E-state index contributed by atoms with van der Waals surface area (Å²) in [6.45, 7) is 1.93. The average molecular weight is 271 g/mol. The maximum atomic E-state index is 11.4. The first kappa shape index (κ1) is 14.5. The highest BCUT2D eigenvalue weighted by molar-refractivity contribution is 7.90. The summed E-state index contributed by atoms with van der Waals surface area (Å²) in [7, 11) is -3.57. The molecule has 1 aromatic carbocycles. The quantitative estimate of drug-likeness (QED) is 0.859. The van der Waals surface area contributed by atoms with Gasteiger partial charge in [-0.15, -0.1) is 0 Å². The second-order valence-corrected chi connectivity index (χ2v) is 5.68. The molecule has 6 heteroatoms. The third kappa shape index (κ3) is 5.67. The summed E-state index contributed by atoms with van der Waals surface area (Å²) in [4.78, 5) is 11.3. The van der Waals surface area contributed by atoms with E-state index in [2.05, 4.69) is 0 Å². The largest absolute Gasteiger partial charge is 0.444 e. The second kappa shape index (κ2) is 7.00. The Morgan fingerprint density at radius 2 is 1.94 bits per heavy atom. The molecule has 1 amide bonds. The molecule has 1 rings (SSSR count). The summed E-state index contributed by atoms with van der Waals surface area (Å²) >= 11 is 0. The molecule has 0 heterocycles. The van der Waals surface area contributed by atoms with Gasteiger partial charge in [-0.1, -0.05) is 43.7 Å². The van der Waals surface area contributed by atoms with Crippen molar-refractivity contribution in [2.75, 3.05) is 5.75 Å². The van der Waals surface area contributed by atoms with Gasteiger partial charge in [0.2, 0.25) is 10.0 Å². The molecule has 0 saturated carbocycles. The minimum absolute atomic E-state index is 0.0516. The van der Waals surface area contributed by atoms with Gasteiger partial charge in [0.15, 0.2) is 0 Å². The summed E-state index contributed by atoms with van der Waals surface area (Å²) < 4.78 is 29.5. The van der Waals surface area contributed by atoms with Crippen LogP contribution in [-0.4, -0.2) is 20.3 Å². The van der Waals surface area contributed by atoms with Crippen molar-refractivity contribution in [2.45, 2.75) is 26.4 Å². The van der Waals surface area contributed by atoms with E-state index in [1.165, 1.54) is 0 Å². The van der Waals surface area contributed by atoms with Gasteiger partial charge in [0.1, 0.15) is 6.61 Å². The zero-order valence-electron chi connectivity index (χ0n) is 10.3. The second-order valence-electron chi connectivity index (χ2n) is 3.84. The maximum Gasteiger partial charge on any atom is 0.421 e. The van der Waals surface area contributed by atoms with E-state index in [9.17, 15) is 13.2 Å². The van der Waals surface area contributed by atoms with Crippen LogP contribution in [-0.2, 0) is 21.4 Å². The minimum atomic E-state index is -3.57. The highest BCUT2D eigenvalue weighted by atomic mass is 32.2. The zero-order valence-corrected chi connectivity index (χ0v) is 11.1. The van der Waals surface area contributed by atoms with Crippen molar-refractivity contribution >= 4 is 16.1 Å². The topological polar surface area (TPSA) is 72.5 Å². The molecule has 0 aromatic heterocycles. The van der Waals surface area contributed by atoms with E-state index in [1.807, 2.05) is 29.8 Å². The zero-order chi connectivity index (χ0) is 13.4. The lowest BCUT2D eigenvalue weighted by Crippen LogP contribution is -2.32. The van der Waals surface area contributed by atoms with Gasteiger partial charge in [-0.3, -0.25) is 0 Å². The number of ether oxygens (including phenoxy) is 1. The minimum Gasteiger partial charge on any atom is -0.444 e. The van der Waals surface area contributed by atoms with Crippen LogP contribution in [0.25, 0.3) is 0 Å². The van der Waals surface area contributed by atoms with Gasteiger partial charge in [0, 0.05) is 0 Å². The van der Waals surface area contributed by atoms with Crippen molar-refractivity contribution < 1.29 is 17.9 Å². The smallest absolute Gasteiger partial charge is 0.421 e. The van der Waals surface area contributed by atoms with Crippen LogP contribution in [0.1, 0.15) is 25.3 Å². The first-order valence-electron chi connectivity index (χ1n) is 5.74. The van der Waals surface area contributed by atoms with E-state index >= 15 is 0 Å². The van der Waals surface area contributed by atoms with Crippen LogP contribution in [0.3, 0.4) is 0 Å². The van der Waals surface area contributed by atoms with Gasteiger partial charge >= 0.3 is 6.09 Å².